The van der Waals surface area contributed by atoms with Gasteiger partial charge in [0.05, 0.1) is 23.8 Å². The van der Waals surface area contributed by atoms with Crippen molar-refractivity contribution in [2.45, 2.75) is 18.6 Å². The SMILES string of the molecule is O=C(CN1CCCN(C(=O)CN2C(=O)OCC2c2ccccc2)CC1)Nc1ccccc1C(F)(F)F. The first-order valence-electron chi connectivity index (χ1n) is 11.7. The molecular weight excluding hydrogens is 477 g/mol. The number of nitrogens with one attached hydrogen (secondary N) is 1. The second kappa shape index (κ2) is 11.0. The molecule has 2 aliphatic heterocycles. The van der Waals surface area contributed by atoms with Gasteiger partial charge in [-0.25, -0.2) is 4.79 Å². The molecule has 0 aliphatic carbocycles. The number of hydrogen-bond donors (Lipinski definition) is 1. The molecule has 2 aromatic carbocycles. The number of benzene rings is 2. The van der Waals surface area contributed by atoms with Gasteiger partial charge in [-0.05, 0) is 24.1 Å². The zero-order valence-electron chi connectivity index (χ0n) is 19.5. The molecule has 36 heavy (non-hydrogen) atoms. The monoisotopic (exact) mass is 504 g/mol. The molecule has 11 heteroatoms. The summed E-state index contributed by atoms with van der Waals surface area (Å²) in [5.41, 5.74) is -0.302. The van der Waals surface area contributed by atoms with E-state index in [4.69, 9.17) is 4.74 Å². The molecule has 2 aliphatic rings. The Kier molecular flexibility index (Phi) is 7.78. The molecule has 4 rings (SSSR count). The first-order valence-corrected chi connectivity index (χ1v) is 11.7. The van der Waals surface area contributed by atoms with Gasteiger partial charge in [-0.3, -0.25) is 19.4 Å². The van der Waals surface area contributed by atoms with Crippen molar-refractivity contribution in [3.8, 4) is 0 Å². The Bertz CT molecular complexity index is 1100. The highest BCUT2D eigenvalue weighted by atomic mass is 19.4. The van der Waals surface area contributed by atoms with Gasteiger partial charge in [-0.1, -0.05) is 42.5 Å². The molecule has 1 atom stereocenters. The van der Waals surface area contributed by atoms with E-state index in [2.05, 4.69) is 5.32 Å². The molecule has 3 amide bonds. The van der Waals surface area contributed by atoms with Gasteiger partial charge in [0, 0.05) is 26.2 Å². The summed E-state index contributed by atoms with van der Waals surface area (Å²) >= 11 is 0. The van der Waals surface area contributed by atoms with Crippen LogP contribution in [0.3, 0.4) is 0 Å². The minimum absolute atomic E-state index is 0.0945. The van der Waals surface area contributed by atoms with Gasteiger partial charge < -0.3 is 15.0 Å². The van der Waals surface area contributed by atoms with Crippen LogP contribution in [-0.2, 0) is 20.5 Å². The predicted octanol–water partition coefficient (Wildman–Crippen LogP) is 3.37. The van der Waals surface area contributed by atoms with Crippen LogP contribution in [0.15, 0.2) is 54.6 Å². The number of cyclic esters (lactones) is 1. The van der Waals surface area contributed by atoms with Crippen LogP contribution in [0.1, 0.15) is 23.6 Å². The van der Waals surface area contributed by atoms with Gasteiger partial charge in [-0.15, -0.1) is 0 Å². The second-order valence-electron chi connectivity index (χ2n) is 8.73. The van der Waals surface area contributed by atoms with E-state index < -0.39 is 23.7 Å². The van der Waals surface area contributed by atoms with E-state index in [1.54, 1.807) is 9.80 Å². The Morgan fingerprint density at radius 3 is 2.42 bits per heavy atom. The fourth-order valence-corrected chi connectivity index (χ4v) is 4.43. The number of alkyl halides is 3. The summed E-state index contributed by atoms with van der Waals surface area (Å²) < 4.78 is 44.7. The van der Waals surface area contributed by atoms with Crippen molar-refractivity contribution in [1.82, 2.24) is 14.7 Å². The van der Waals surface area contributed by atoms with Crippen molar-refractivity contribution in [2.24, 2.45) is 0 Å². The van der Waals surface area contributed by atoms with E-state index in [0.29, 0.717) is 32.6 Å². The topological polar surface area (TPSA) is 82.2 Å². The van der Waals surface area contributed by atoms with Gasteiger partial charge in [0.2, 0.25) is 11.8 Å². The third-order valence-corrected chi connectivity index (χ3v) is 6.28. The molecule has 0 radical (unpaired) electrons. The Balaban J connectivity index is 1.31. The lowest BCUT2D eigenvalue weighted by Gasteiger charge is -2.26. The highest BCUT2D eigenvalue weighted by molar-refractivity contribution is 5.93. The van der Waals surface area contributed by atoms with E-state index >= 15 is 0 Å². The number of halogens is 3. The maximum Gasteiger partial charge on any atom is 0.418 e. The third kappa shape index (κ3) is 6.14. The van der Waals surface area contributed by atoms with Crippen LogP contribution < -0.4 is 5.32 Å². The third-order valence-electron chi connectivity index (χ3n) is 6.28. The maximum absolute atomic E-state index is 13.2. The van der Waals surface area contributed by atoms with Gasteiger partial charge in [0.25, 0.3) is 0 Å². The number of nitrogens with zero attached hydrogens (tertiary/aromatic N) is 3. The van der Waals surface area contributed by atoms with Crippen molar-refractivity contribution in [3.63, 3.8) is 0 Å². The molecule has 0 saturated carbocycles. The summed E-state index contributed by atoms with van der Waals surface area (Å²) in [5.74, 6) is -0.780. The van der Waals surface area contributed by atoms with Crippen LogP contribution in [0, 0.1) is 0 Å². The van der Waals surface area contributed by atoms with Crippen molar-refractivity contribution in [3.05, 3.63) is 65.7 Å². The summed E-state index contributed by atoms with van der Waals surface area (Å²) in [7, 11) is 0. The number of carbonyl (C=O) groups is 3. The molecule has 2 heterocycles. The molecule has 2 saturated heterocycles. The lowest BCUT2D eigenvalue weighted by molar-refractivity contribution is -0.137. The molecule has 2 aromatic rings. The second-order valence-corrected chi connectivity index (χ2v) is 8.73. The van der Waals surface area contributed by atoms with Crippen LogP contribution in [0.4, 0.5) is 23.7 Å². The van der Waals surface area contributed by atoms with Gasteiger partial charge in [0.15, 0.2) is 0 Å². The number of hydrogen-bond acceptors (Lipinski definition) is 5. The van der Waals surface area contributed by atoms with Crippen molar-refractivity contribution < 1.29 is 32.3 Å². The van der Waals surface area contributed by atoms with Gasteiger partial charge in [-0.2, -0.15) is 13.2 Å². The number of ether oxygens (including phenoxy) is 1. The number of carbonyl (C=O) groups excluding carboxylic acids is 3. The van der Waals surface area contributed by atoms with Crippen LogP contribution in [0.25, 0.3) is 0 Å². The van der Waals surface area contributed by atoms with Gasteiger partial charge in [0.1, 0.15) is 13.2 Å². The van der Waals surface area contributed by atoms with E-state index in [1.165, 1.54) is 23.1 Å². The lowest BCUT2D eigenvalue weighted by Crippen LogP contribution is -2.43. The molecular formula is C25H27F3N4O4. The van der Waals surface area contributed by atoms with Crippen LogP contribution in [0.5, 0.6) is 0 Å². The number of para-hydroxylation sites is 1. The fourth-order valence-electron chi connectivity index (χ4n) is 4.43. The molecule has 8 nitrogen and oxygen atoms in total. The largest absolute Gasteiger partial charge is 0.447 e. The summed E-state index contributed by atoms with van der Waals surface area (Å²) in [4.78, 5) is 42.6. The van der Waals surface area contributed by atoms with Crippen LogP contribution in [-0.4, -0.2) is 78.5 Å². The Morgan fingerprint density at radius 1 is 0.944 bits per heavy atom. The number of anilines is 1. The van der Waals surface area contributed by atoms with Crippen LogP contribution in [0.2, 0.25) is 0 Å². The Hall–Kier alpha value is -3.60. The first-order chi connectivity index (χ1) is 17.2. The van der Waals surface area contributed by atoms with E-state index in [9.17, 15) is 27.6 Å². The minimum atomic E-state index is -4.57. The Morgan fingerprint density at radius 2 is 1.67 bits per heavy atom. The summed E-state index contributed by atoms with van der Waals surface area (Å²) in [5, 5.41) is 2.35. The molecule has 192 valence electrons. The fraction of sp³-hybridized carbons (Fsp3) is 0.400. The molecule has 2 fully saturated rings. The normalized spacial score (nSPS) is 19.1. The van der Waals surface area contributed by atoms with E-state index in [-0.39, 0.29) is 37.3 Å². The quantitative estimate of drug-likeness (QED) is 0.653. The molecule has 0 aromatic heterocycles. The summed E-state index contributed by atoms with van der Waals surface area (Å²) in [6.07, 6.45) is -4.52. The smallest absolute Gasteiger partial charge is 0.418 e. The zero-order valence-corrected chi connectivity index (χ0v) is 19.5. The van der Waals surface area contributed by atoms with Crippen molar-refractivity contribution in [1.29, 1.82) is 0 Å². The molecule has 1 N–H and O–H groups in total. The number of rotatable bonds is 6. The molecule has 0 bridgehead atoms. The highest BCUT2D eigenvalue weighted by Gasteiger charge is 2.37. The summed E-state index contributed by atoms with van der Waals surface area (Å²) in [6, 6.07) is 13.8. The average molecular weight is 505 g/mol. The standard InChI is InChI=1S/C25H27F3N4O4/c26-25(27,28)19-9-4-5-10-20(19)29-22(33)15-30-11-6-12-31(14-13-30)23(34)16-32-21(17-36-24(32)35)18-7-2-1-3-8-18/h1-5,7-10,21H,6,11-17H2,(H,29,33). The average Bonchev–Trinajstić information content (AvgIpc) is 3.05. The van der Waals surface area contributed by atoms with Gasteiger partial charge >= 0.3 is 12.3 Å². The van der Waals surface area contributed by atoms with Crippen molar-refractivity contribution >= 4 is 23.6 Å². The summed E-state index contributed by atoms with van der Waals surface area (Å²) in [6.45, 7) is 1.65. The van der Waals surface area contributed by atoms with E-state index in [0.717, 1.165) is 11.6 Å². The van der Waals surface area contributed by atoms with Crippen LogP contribution >= 0.6 is 0 Å². The first kappa shape index (κ1) is 25.5. The maximum atomic E-state index is 13.2. The highest BCUT2D eigenvalue weighted by Crippen LogP contribution is 2.34. The zero-order chi connectivity index (χ0) is 25.7. The van der Waals surface area contributed by atoms with E-state index in [1.807, 2.05) is 30.3 Å². The Labute approximate surface area is 206 Å². The van der Waals surface area contributed by atoms with Crippen molar-refractivity contribution in [2.75, 3.05) is 51.2 Å². The molecule has 1 unspecified atom stereocenters. The molecule has 0 spiro atoms. The number of amides is 3. The lowest BCUT2D eigenvalue weighted by atomic mass is 10.1. The minimum Gasteiger partial charge on any atom is -0.447 e. The predicted molar refractivity (Wildman–Crippen MR) is 125 cm³/mol.